The van der Waals surface area contributed by atoms with Gasteiger partial charge in [0.2, 0.25) is 0 Å². The number of aliphatic hydroxyl groups excluding tert-OH is 1. The van der Waals surface area contributed by atoms with E-state index in [1.54, 1.807) is 0 Å². The molecule has 1 atom stereocenters. The zero-order valence-electron chi connectivity index (χ0n) is 7.81. The van der Waals surface area contributed by atoms with Crippen LogP contribution in [0.15, 0.2) is 22.7 Å². The Bertz CT molecular complexity index is 366. The van der Waals surface area contributed by atoms with Crippen molar-refractivity contribution in [3.05, 3.63) is 28.2 Å². The smallest absolute Gasteiger partial charge is 0.449 e. The normalized spacial score (nSPS) is 12.2. The molecule has 15 heavy (non-hydrogen) atoms. The van der Waals surface area contributed by atoms with Gasteiger partial charge in [-0.05, 0) is 18.2 Å². The van der Waals surface area contributed by atoms with Crippen molar-refractivity contribution in [3.8, 4) is 5.75 Å². The number of methoxy groups -OCH3 is 1. The number of carbonyl (C=O) groups is 1. The van der Waals surface area contributed by atoms with Crippen LogP contribution in [0.4, 0.5) is 4.79 Å². The van der Waals surface area contributed by atoms with Crippen LogP contribution in [0.25, 0.3) is 0 Å². The van der Waals surface area contributed by atoms with E-state index in [-0.39, 0.29) is 5.75 Å². The summed E-state index contributed by atoms with van der Waals surface area (Å²) >= 11 is 3.17. The molecular formula is C9H9BrO5. The number of benzene rings is 1. The van der Waals surface area contributed by atoms with Gasteiger partial charge in [-0.1, -0.05) is 15.9 Å². The summed E-state index contributed by atoms with van der Waals surface area (Å²) in [6.45, 7) is 0. The Balaban J connectivity index is 2.92. The van der Waals surface area contributed by atoms with E-state index >= 15 is 0 Å². The highest BCUT2D eigenvalue weighted by Crippen LogP contribution is 2.28. The molecule has 0 aromatic heterocycles. The summed E-state index contributed by atoms with van der Waals surface area (Å²) in [5, 5.41) is 17.7. The fourth-order valence-electron chi connectivity index (χ4n) is 0.999. The molecule has 6 heteroatoms. The number of halogens is 1. The molecule has 0 amide bonds. The Kier molecular flexibility index (Phi) is 4.07. The van der Waals surface area contributed by atoms with E-state index in [1.165, 1.54) is 25.3 Å². The number of ether oxygens (including phenoxy) is 2. The number of rotatable bonds is 3. The lowest BCUT2D eigenvalue weighted by Gasteiger charge is -2.11. The lowest BCUT2D eigenvalue weighted by molar-refractivity contribution is -0.0774. The fraction of sp³-hybridized carbons (Fsp3) is 0.222. The van der Waals surface area contributed by atoms with Gasteiger partial charge in [-0.15, -0.1) is 0 Å². The first-order valence-corrected chi connectivity index (χ1v) is 4.75. The molecule has 0 heterocycles. The molecule has 1 rings (SSSR count). The number of hydrogen-bond donors (Lipinski definition) is 2. The van der Waals surface area contributed by atoms with Crippen LogP contribution in [0.1, 0.15) is 11.9 Å². The molecule has 82 valence electrons. The topological polar surface area (TPSA) is 76.0 Å². The summed E-state index contributed by atoms with van der Waals surface area (Å²) in [5.74, 6) is 0.168. The van der Waals surface area contributed by atoms with Crippen LogP contribution < -0.4 is 4.74 Å². The Morgan fingerprint density at radius 1 is 1.53 bits per heavy atom. The second kappa shape index (κ2) is 5.11. The van der Waals surface area contributed by atoms with Crippen LogP contribution in [-0.4, -0.2) is 23.5 Å². The van der Waals surface area contributed by atoms with E-state index in [0.29, 0.717) is 10.0 Å². The molecule has 0 saturated heterocycles. The highest BCUT2D eigenvalue weighted by molar-refractivity contribution is 9.10. The maximum atomic E-state index is 10.2. The maximum Gasteiger partial charge on any atom is 0.511 e. The SMILES string of the molecule is COC(O)c1ccc(OC(=O)O)cc1Br. The van der Waals surface area contributed by atoms with Gasteiger partial charge in [0.25, 0.3) is 0 Å². The van der Waals surface area contributed by atoms with E-state index in [4.69, 9.17) is 9.84 Å². The average Bonchev–Trinajstić information content (AvgIpc) is 2.16. The van der Waals surface area contributed by atoms with E-state index < -0.39 is 12.4 Å². The first-order chi connectivity index (χ1) is 7.04. The highest BCUT2D eigenvalue weighted by Gasteiger charge is 2.11. The van der Waals surface area contributed by atoms with Gasteiger partial charge in [-0.3, -0.25) is 0 Å². The third-order valence-electron chi connectivity index (χ3n) is 1.67. The number of aliphatic hydroxyl groups is 1. The quantitative estimate of drug-likeness (QED) is 0.503. The summed E-state index contributed by atoms with van der Waals surface area (Å²) in [7, 11) is 1.36. The van der Waals surface area contributed by atoms with Crippen molar-refractivity contribution in [3.63, 3.8) is 0 Å². The van der Waals surface area contributed by atoms with E-state index in [1.807, 2.05) is 0 Å². The minimum absolute atomic E-state index is 0.168. The molecule has 1 aromatic carbocycles. The molecule has 5 nitrogen and oxygen atoms in total. The fourth-order valence-corrected chi connectivity index (χ4v) is 1.55. The van der Waals surface area contributed by atoms with Crippen molar-refractivity contribution in [1.82, 2.24) is 0 Å². The van der Waals surface area contributed by atoms with E-state index in [0.717, 1.165) is 0 Å². The number of carboxylic acid groups (broad SMARTS) is 1. The second-order valence-corrected chi connectivity index (χ2v) is 3.49. The summed E-state index contributed by atoms with van der Waals surface area (Å²) < 4.78 is 9.64. The summed E-state index contributed by atoms with van der Waals surface area (Å²) in [6, 6.07) is 4.37. The van der Waals surface area contributed by atoms with Crippen molar-refractivity contribution in [2.75, 3.05) is 7.11 Å². The summed E-state index contributed by atoms with van der Waals surface area (Å²) in [5.41, 5.74) is 0.496. The first kappa shape index (κ1) is 12.0. The first-order valence-electron chi connectivity index (χ1n) is 3.95. The molecule has 1 unspecified atom stereocenters. The minimum Gasteiger partial charge on any atom is -0.449 e. The average molecular weight is 277 g/mol. The molecule has 0 bridgehead atoms. The third-order valence-corrected chi connectivity index (χ3v) is 2.35. The molecule has 0 fully saturated rings. The van der Waals surface area contributed by atoms with Crippen LogP contribution in [0.5, 0.6) is 5.75 Å². The van der Waals surface area contributed by atoms with Gasteiger partial charge in [-0.2, -0.15) is 0 Å². The van der Waals surface area contributed by atoms with Crippen LogP contribution in [-0.2, 0) is 4.74 Å². The standard InChI is InChI=1S/C9H9BrO5/c1-14-8(11)6-3-2-5(4-7(6)10)15-9(12)13/h2-4,8,11H,1H3,(H,12,13). The molecule has 0 spiro atoms. The second-order valence-electron chi connectivity index (χ2n) is 2.64. The van der Waals surface area contributed by atoms with Crippen LogP contribution in [0.3, 0.4) is 0 Å². The lowest BCUT2D eigenvalue weighted by Crippen LogP contribution is -2.04. The van der Waals surface area contributed by atoms with Crippen LogP contribution >= 0.6 is 15.9 Å². The predicted molar refractivity (Wildman–Crippen MR) is 54.8 cm³/mol. The largest absolute Gasteiger partial charge is 0.511 e. The van der Waals surface area contributed by atoms with E-state index in [2.05, 4.69) is 20.7 Å². The van der Waals surface area contributed by atoms with Crippen LogP contribution in [0.2, 0.25) is 0 Å². The minimum atomic E-state index is -1.39. The van der Waals surface area contributed by atoms with Crippen LogP contribution in [0, 0.1) is 0 Å². The van der Waals surface area contributed by atoms with Gasteiger partial charge in [0.05, 0.1) is 0 Å². The zero-order valence-corrected chi connectivity index (χ0v) is 9.39. The highest BCUT2D eigenvalue weighted by atomic mass is 79.9. The summed E-state index contributed by atoms with van der Waals surface area (Å²) in [6.07, 6.45) is -2.44. The molecular weight excluding hydrogens is 268 g/mol. The third kappa shape index (κ3) is 3.19. The van der Waals surface area contributed by atoms with Gasteiger partial charge < -0.3 is 19.7 Å². The molecule has 0 aliphatic rings. The van der Waals surface area contributed by atoms with Crippen molar-refractivity contribution in [2.45, 2.75) is 6.29 Å². The Morgan fingerprint density at radius 3 is 2.67 bits per heavy atom. The monoisotopic (exact) mass is 276 g/mol. The summed E-state index contributed by atoms with van der Waals surface area (Å²) in [4.78, 5) is 10.2. The van der Waals surface area contributed by atoms with Crippen molar-refractivity contribution in [2.24, 2.45) is 0 Å². The molecule has 0 aliphatic carbocycles. The van der Waals surface area contributed by atoms with Gasteiger partial charge >= 0.3 is 6.16 Å². The van der Waals surface area contributed by atoms with Crippen molar-refractivity contribution >= 4 is 22.1 Å². The molecule has 0 radical (unpaired) electrons. The molecule has 0 aliphatic heterocycles. The maximum absolute atomic E-state index is 10.2. The molecule has 1 aromatic rings. The van der Waals surface area contributed by atoms with Crippen molar-refractivity contribution in [1.29, 1.82) is 0 Å². The zero-order chi connectivity index (χ0) is 11.4. The lowest BCUT2D eigenvalue weighted by atomic mass is 10.2. The van der Waals surface area contributed by atoms with E-state index in [9.17, 15) is 9.90 Å². The predicted octanol–water partition coefficient (Wildman–Crippen LogP) is 2.14. The Morgan fingerprint density at radius 2 is 2.20 bits per heavy atom. The van der Waals surface area contributed by atoms with Gasteiger partial charge in [-0.25, -0.2) is 4.79 Å². The number of hydrogen-bond acceptors (Lipinski definition) is 4. The van der Waals surface area contributed by atoms with Gasteiger partial charge in [0.1, 0.15) is 5.75 Å². The Hall–Kier alpha value is -1.11. The van der Waals surface area contributed by atoms with Crippen molar-refractivity contribution < 1.29 is 24.5 Å². The Labute approximate surface area is 94.4 Å². The van der Waals surface area contributed by atoms with Gasteiger partial charge in [0.15, 0.2) is 6.29 Å². The van der Waals surface area contributed by atoms with Gasteiger partial charge in [0, 0.05) is 17.1 Å². The molecule has 2 N–H and O–H groups in total. The molecule has 0 saturated carbocycles.